The Balaban J connectivity index is 1.39. The molecule has 3 aliphatic heterocycles. The van der Waals surface area contributed by atoms with Gasteiger partial charge in [0.15, 0.2) is 0 Å². The Morgan fingerprint density at radius 2 is 1.83 bits per heavy atom. The molecule has 24 heavy (non-hydrogen) atoms. The van der Waals surface area contributed by atoms with E-state index in [4.69, 9.17) is 11.6 Å². The second kappa shape index (κ2) is 5.75. The highest BCUT2D eigenvalue weighted by Crippen LogP contribution is 2.44. The Bertz CT molecular complexity index is 732. The van der Waals surface area contributed by atoms with Gasteiger partial charge in [-0.15, -0.1) is 0 Å². The Labute approximate surface area is 148 Å². The van der Waals surface area contributed by atoms with E-state index in [9.17, 15) is 0 Å². The van der Waals surface area contributed by atoms with Crippen LogP contribution in [0.1, 0.15) is 12.8 Å². The smallest absolute Gasteiger partial charge is 0.0535 e. The number of aromatic nitrogens is 1. The Morgan fingerprint density at radius 1 is 1.00 bits per heavy atom. The number of nitrogens with zero attached hydrogens (tertiary/aromatic N) is 2. The quantitative estimate of drug-likeness (QED) is 0.910. The van der Waals surface area contributed by atoms with Gasteiger partial charge < -0.3 is 10.2 Å². The number of anilines is 1. The zero-order chi connectivity index (χ0) is 16.1. The normalized spacial score (nSPS) is 33.6. The molecule has 4 fully saturated rings. The molecule has 4 heteroatoms. The third-order valence-corrected chi connectivity index (χ3v) is 6.25. The zero-order valence-corrected chi connectivity index (χ0v) is 14.4. The van der Waals surface area contributed by atoms with Gasteiger partial charge in [-0.2, -0.15) is 0 Å². The van der Waals surface area contributed by atoms with Gasteiger partial charge >= 0.3 is 0 Å². The summed E-state index contributed by atoms with van der Waals surface area (Å²) >= 11 is 6.13. The molecule has 3 saturated heterocycles. The molecular weight excluding hydrogens is 318 g/mol. The minimum absolute atomic E-state index is 0.606. The number of hydrogen-bond donors (Lipinski definition) is 1. The van der Waals surface area contributed by atoms with Crippen LogP contribution < -0.4 is 5.32 Å². The van der Waals surface area contributed by atoms with Gasteiger partial charge in [0.25, 0.3) is 0 Å². The summed E-state index contributed by atoms with van der Waals surface area (Å²) in [6.45, 7) is 3.88. The van der Waals surface area contributed by atoms with Crippen LogP contribution in [0.3, 0.4) is 0 Å². The maximum absolute atomic E-state index is 6.13. The summed E-state index contributed by atoms with van der Waals surface area (Å²) in [4.78, 5) is 7.13. The van der Waals surface area contributed by atoms with E-state index in [1.807, 2.05) is 30.6 Å². The second-order valence-corrected chi connectivity index (χ2v) is 8.16. The van der Waals surface area contributed by atoms with Crippen molar-refractivity contribution in [3.8, 4) is 11.1 Å². The highest BCUT2D eigenvalue weighted by Gasteiger charge is 2.47. The molecule has 0 radical (unpaired) electrons. The van der Waals surface area contributed by atoms with Gasteiger partial charge in [0.05, 0.1) is 5.69 Å². The van der Waals surface area contributed by atoms with Gasteiger partial charge in [-0.1, -0.05) is 23.7 Å². The van der Waals surface area contributed by atoms with Crippen molar-refractivity contribution in [1.82, 2.24) is 9.88 Å². The lowest BCUT2D eigenvalue weighted by Crippen LogP contribution is -2.62. The van der Waals surface area contributed by atoms with Crippen LogP contribution in [0.4, 0.5) is 5.69 Å². The van der Waals surface area contributed by atoms with Gasteiger partial charge in [0.1, 0.15) is 0 Å². The molecule has 1 saturated carbocycles. The molecule has 2 aromatic rings. The third kappa shape index (κ3) is 2.60. The molecule has 124 valence electrons. The van der Waals surface area contributed by atoms with Crippen LogP contribution >= 0.6 is 11.6 Å². The van der Waals surface area contributed by atoms with Crippen LogP contribution in [0.2, 0.25) is 5.02 Å². The van der Waals surface area contributed by atoms with Crippen LogP contribution in [-0.2, 0) is 0 Å². The molecule has 1 aromatic heterocycles. The first-order chi connectivity index (χ1) is 11.7. The first kappa shape index (κ1) is 14.7. The number of rotatable bonds is 3. The second-order valence-electron chi connectivity index (χ2n) is 7.72. The van der Waals surface area contributed by atoms with Crippen molar-refractivity contribution in [2.24, 2.45) is 17.8 Å². The molecule has 4 bridgehead atoms. The summed E-state index contributed by atoms with van der Waals surface area (Å²) < 4.78 is 0. The highest BCUT2D eigenvalue weighted by atomic mass is 35.5. The van der Waals surface area contributed by atoms with Crippen molar-refractivity contribution >= 4 is 17.3 Å². The molecule has 0 amide bonds. The minimum Gasteiger partial charge on any atom is -0.380 e. The van der Waals surface area contributed by atoms with Gasteiger partial charge in [-0.3, -0.25) is 4.98 Å². The maximum Gasteiger partial charge on any atom is 0.0535 e. The van der Waals surface area contributed by atoms with Crippen LogP contribution in [0, 0.1) is 17.8 Å². The van der Waals surface area contributed by atoms with E-state index < -0.39 is 0 Å². The molecule has 3 nitrogen and oxygen atoms in total. The fourth-order valence-electron chi connectivity index (χ4n) is 5.18. The van der Waals surface area contributed by atoms with Crippen molar-refractivity contribution < 1.29 is 0 Å². The van der Waals surface area contributed by atoms with E-state index in [0.717, 1.165) is 39.6 Å². The molecule has 0 spiro atoms. The molecule has 2 atom stereocenters. The summed E-state index contributed by atoms with van der Waals surface area (Å²) in [7, 11) is 0. The number of benzene rings is 1. The maximum atomic E-state index is 6.13. The molecule has 6 rings (SSSR count). The number of nitrogens with one attached hydrogen (secondary N) is 1. The van der Waals surface area contributed by atoms with Crippen LogP contribution in [0.25, 0.3) is 11.1 Å². The predicted molar refractivity (Wildman–Crippen MR) is 98.2 cm³/mol. The zero-order valence-electron chi connectivity index (χ0n) is 13.7. The van der Waals surface area contributed by atoms with Crippen molar-refractivity contribution in [3.63, 3.8) is 0 Å². The number of piperidine rings is 3. The standard InChI is InChI=1S/C20H22ClN3/c21-18-3-1-2-14(6-18)15-7-19(9-22-8-15)23-20-16-4-13-5-17(20)12-24(10-13)11-16/h1-3,6-9,13,16-17,20,23H,4-5,10-12H2/t13?,16-,17-,20?/m0/s1. The van der Waals surface area contributed by atoms with Gasteiger partial charge in [0.2, 0.25) is 0 Å². The molecule has 4 heterocycles. The van der Waals surface area contributed by atoms with E-state index >= 15 is 0 Å². The summed E-state index contributed by atoms with van der Waals surface area (Å²) in [6, 6.07) is 10.8. The Kier molecular flexibility index (Phi) is 3.53. The van der Waals surface area contributed by atoms with Crippen molar-refractivity contribution in [2.45, 2.75) is 18.9 Å². The first-order valence-corrected chi connectivity index (χ1v) is 9.32. The number of halogens is 1. The van der Waals surface area contributed by atoms with Gasteiger partial charge in [-0.05, 0) is 54.4 Å². The lowest BCUT2D eigenvalue weighted by atomic mass is 9.65. The fourth-order valence-corrected chi connectivity index (χ4v) is 5.37. The van der Waals surface area contributed by atoms with Crippen molar-refractivity contribution in [1.29, 1.82) is 0 Å². The monoisotopic (exact) mass is 339 g/mol. The van der Waals surface area contributed by atoms with E-state index in [1.54, 1.807) is 0 Å². The third-order valence-electron chi connectivity index (χ3n) is 6.02. The first-order valence-electron chi connectivity index (χ1n) is 8.94. The Morgan fingerprint density at radius 3 is 2.58 bits per heavy atom. The average molecular weight is 340 g/mol. The highest BCUT2D eigenvalue weighted by molar-refractivity contribution is 6.30. The lowest BCUT2D eigenvalue weighted by molar-refractivity contribution is -0.0269. The van der Waals surface area contributed by atoms with Gasteiger partial charge in [0, 0.05) is 48.7 Å². The number of hydrogen-bond acceptors (Lipinski definition) is 3. The van der Waals surface area contributed by atoms with E-state index in [1.165, 1.54) is 32.5 Å². The average Bonchev–Trinajstić information content (AvgIpc) is 2.58. The molecule has 1 aliphatic carbocycles. The SMILES string of the molecule is Clc1cccc(-c2cncc(NC3[C@H]4CC5C[C@H]3CN(C5)C4)c2)c1. The summed E-state index contributed by atoms with van der Waals surface area (Å²) in [5, 5.41) is 4.59. The topological polar surface area (TPSA) is 28.2 Å². The predicted octanol–water partition coefficient (Wildman–Crippen LogP) is 4.15. The van der Waals surface area contributed by atoms with E-state index in [0.29, 0.717) is 6.04 Å². The fraction of sp³-hybridized carbons (Fsp3) is 0.450. The molecule has 4 aliphatic rings. The summed E-state index contributed by atoms with van der Waals surface area (Å²) in [5.74, 6) is 2.54. The molecule has 0 unspecified atom stereocenters. The summed E-state index contributed by atoms with van der Waals surface area (Å²) in [5.41, 5.74) is 3.38. The van der Waals surface area contributed by atoms with Crippen molar-refractivity contribution in [3.05, 3.63) is 47.7 Å². The minimum atomic E-state index is 0.606. The van der Waals surface area contributed by atoms with Crippen LogP contribution in [-0.4, -0.2) is 35.6 Å². The van der Waals surface area contributed by atoms with E-state index in [2.05, 4.69) is 27.3 Å². The summed E-state index contributed by atoms with van der Waals surface area (Å²) in [6.07, 6.45) is 6.66. The van der Waals surface area contributed by atoms with E-state index in [-0.39, 0.29) is 0 Å². The molecular formula is C20H22ClN3. The number of pyridine rings is 1. The largest absolute Gasteiger partial charge is 0.380 e. The van der Waals surface area contributed by atoms with Crippen LogP contribution in [0.15, 0.2) is 42.7 Å². The molecule has 1 aromatic carbocycles. The van der Waals surface area contributed by atoms with Crippen molar-refractivity contribution in [2.75, 3.05) is 25.0 Å². The van der Waals surface area contributed by atoms with Crippen LogP contribution in [0.5, 0.6) is 0 Å². The van der Waals surface area contributed by atoms with Gasteiger partial charge in [-0.25, -0.2) is 0 Å². The molecule has 1 N–H and O–H groups in total. The Hall–Kier alpha value is -1.58. The lowest BCUT2D eigenvalue weighted by Gasteiger charge is -2.56.